The van der Waals surface area contributed by atoms with Crippen molar-refractivity contribution in [2.24, 2.45) is 0 Å². The molecular weight excluding hydrogens is 318 g/mol. The topological polar surface area (TPSA) is 56.2 Å². The third kappa shape index (κ3) is 5.17. The third-order valence-corrected chi connectivity index (χ3v) is 5.25. The van der Waals surface area contributed by atoms with Crippen LogP contribution < -0.4 is 4.74 Å². The molecule has 1 aromatic carbocycles. The molecule has 2 saturated heterocycles. The molecule has 25 heavy (non-hydrogen) atoms. The Hall–Kier alpha value is -1.63. The molecule has 0 unspecified atom stereocenters. The standard InChI is InChI=1S/C19H29N3O3/c1-20-11-13-22(14-12-20)18(23)15-21-9-7-19(24,8-10-21)16-25-17-5-3-2-4-6-17/h2-6,24H,7-16H2,1H3. The van der Waals surface area contributed by atoms with E-state index in [0.29, 0.717) is 26.0 Å². The molecule has 2 aliphatic rings. The van der Waals surface area contributed by atoms with E-state index >= 15 is 0 Å². The van der Waals surface area contributed by atoms with Crippen molar-refractivity contribution in [3.05, 3.63) is 30.3 Å². The molecule has 0 spiro atoms. The van der Waals surface area contributed by atoms with Gasteiger partial charge in [-0.1, -0.05) is 18.2 Å². The van der Waals surface area contributed by atoms with Gasteiger partial charge in [-0.05, 0) is 32.0 Å². The second kappa shape index (κ2) is 8.17. The van der Waals surface area contributed by atoms with Gasteiger partial charge in [0.05, 0.1) is 6.54 Å². The predicted octanol–water partition coefficient (Wildman–Crippen LogP) is 0.666. The molecule has 138 valence electrons. The summed E-state index contributed by atoms with van der Waals surface area (Å²) in [5.74, 6) is 0.989. The van der Waals surface area contributed by atoms with Gasteiger partial charge in [0.1, 0.15) is 18.0 Å². The number of hydrogen-bond acceptors (Lipinski definition) is 5. The Labute approximate surface area is 150 Å². The quantitative estimate of drug-likeness (QED) is 0.848. The van der Waals surface area contributed by atoms with E-state index in [4.69, 9.17) is 4.74 Å². The molecule has 6 nitrogen and oxygen atoms in total. The molecule has 0 aliphatic carbocycles. The summed E-state index contributed by atoms with van der Waals surface area (Å²) in [4.78, 5) is 18.8. The van der Waals surface area contributed by atoms with Crippen molar-refractivity contribution in [3.63, 3.8) is 0 Å². The van der Waals surface area contributed by atoms with E-state index in [1.807, 2.05) is 35.2 Å². The fourth-order valence-electron chi connectivity index (χ4n) is 3.35. The van der Waals surface area contributed by atoms with Crippen LogP contribution in [0.25, 0.3) is 0 Å². The highest BCUT2D eigenvalue weighted by Crippen LogP contribution is 2.23. The van der Waals surface area contributed by atoms with Crippen LogP contribution in [0.4, 0.5) is 0 Å². The maximum Gasteiger partial charge on any atom is 0.236 e. The minimum absolute atomic E-state index is 0.207. The highest BCUT2D eigenvalue weighted by atomic mass is 16.5. The van der Waals surface area contributed by atoms with Gasteiger partial charge < -0.3 is 19.6 Å². The smallest absolute Gasteiger partial charge is 0.236 e. The van der Waals surface area contributed by atoms with Gasteiger partial charge in [-0.3, -0.25) is 9.69 Å². The molecule has 1 amide bonds. The van der Waals surface area contributed by atoms with E-state index in [0.717, 1.165) is 45.0 Å². The van der Waals surface area contributed by atoms with Crippen molar-refractivity contribution in [2.45, 2.75) is 18.4 Å². The average molecular weight is 347 g/mol. The number of likely N-dealkylation sites (tertiary alicyclic amines) is 1. The summed E-state index contributed by atoms with van der Waals surface area (Å²) in [5.41, 5.74) is -0.802. The van der Waals surface area contributed by atoms with Crippen molar-refractivity contribution >= 4 is 5.91 Å². The Morgan fingerprint density at radius 1 is 1.08 bits per heavy atom. The van der Waals surface area contributed by atoms with Crippen LogP contribution in [0.5, 0.6) is 5.75 Å². The minimum atomic E-state index is -0.802. The van der Waals surface area contributed by atoms with Gasteiger partial charge >= 0.3 is 0 Å². The van der Waals surface area contributed by atoms with Crippen LogP contribution in [0.3, 0.4) is 0 Å². The molecule has 0 bridgehead atoms. The molecule has 2 heterocycles. The number of benzene rings is 1. The van der Waals surface area contributed by atoms with E-state index in [1.54, 1.807) is 0 Å². The maximum atomic E-state index is 12.4. The third-order valence-electron chi connectivity index (χ3n) is 5.25. The van der Waals surface area contributed by atoms with E-state index in [-0.39, 0.29) is 5.91 Å². The first-order valence-electron chi connectivity index (χ1n) is 9.13. The monoisotopic (exact) mass is 347 g/mol. The fourth-order valence-corrected chi connectivity index (χ4v) is 3.35. The molecule has 1 N–H and O–H groups in total. The highest BCUT2D eigenvalue weighted by Gasteiger charge is 2.34. The zero-order valence-electron chi connectivity index (χ0n) is 15.1. The summed E-state index contributed by atoms with van der Waals surface area (Å²) in [6.45, 7) is 5.75. The van der Waals surface area contributed by atoms with Crippen LogP contribution >= 0.6 is 0 Å². The Bertz CT molecular complexity index is 550. The Morgan fingerprint density at radius 3 is 2.36 bits per heavy atom. The van der Waals surface area contributed by atoms with Crippen molar-refractivity contribution in [2.75, 3.05) is 59.5 Å². The van der Waals surface area contributed by atoms with Crippen LogP contribution in [-0.2, 0) is 4.79 Å². The number of nitrogens with zero attached hydrogens (tertiary/aromatic N) is 3. The SMILES string of the molecule is CN1CCN(C(=O)CN2CCC(O)(COc3ccccc3)CC2)CC1. The first-order valence-corrected chi connectivity index (χ1v) is 9.13. The maximum absolute atomic E-state index is 12.4. The predicted molar refractivity (Wildman–Crippen MR) is 96.6 cm³/mol. The number of piperidine rings is 1. The number of carbonyl (C=O) groups is 1. The van der Waals surface area contributed by atoms with Gasteiger partial charge in [0, 0.05) is 39.3 Å². The Balaban J connectivity index is 1.41. The molecule has 0 saturated carbocycles. The van der Waals surface area contributed by atoms with E-state index in [9.17, 15) is 9.90 Å². The lowest BCUT2D eigenvalue weighted by Crippen LogP contribution is -2.53. The number of aliphatic hydroxyl groups is 1. The zero-order valence-corrected chi connectivity index (χ0v) is 15.1. The van der Waals surface area contributed by atoms with Gasteiger partial charge in [-0.25, -0.2) is 0 Å². The molecule has 2 fully saturated rings. The first kappa shape index (κ1) is 18.2. The number of hydrogen-bond donors (Lipinski definition) is 1. The van der Waals surface area contributed by atoms with E-state index < -0.39 is 5.60 Å². The molecule has 0 atom stereocenters. The lowest BCUT2D eigenvalue weighted by Gasteiger charge is -2.39. The zero-order chi connectivity index (χ0) is 17.7. The number of likely N-dealkylation sites (N-methyl/N-ethyl adjacent to an activating group) is 1. The largest absolute Gasteiger partial charge is 0.491 e. The van der Waals surface area contributed by atoms with Gasteiger partial charge in [-0.15, -0.1) is 0 Å². The molecule has 1 aromatic rings. The molecular formula is C19H29N3O3. The first-order chi connectivity index (χ1) is 12.0. The number of piperazine rings is 1. The summed E-state index contributed by atoms with van der Waals surface area (Å²) in [6, 6.07) is 9.58. The summed E-state index contributed by atoms with van der Waals surface area (Å²) in [7, 11) is 2.09. The summed E-state index contributed by atoms with van der Waals surface area (Å²) in [5, 5.41) is 10.7. The summed E-state index contributed by atoms with van der Waals surface area (Å²) in [6.07, 6.45) is 1.27. The summed E-state index contributed by atoms with van der Waals surface area (Å²) >= 11 is 0. The van der Waals surface area contributed by atoms with Crippen molar-refractivity contribution in [1.29, 1.82) is 0 Å². The second-order valence-electron chi connectivity index (χ2n) is 7.29. The molecule has 2 aliphatic heterocycles. The average Bonchev–Trinajstić information content (AvgIpc) is 2.64. The number of rotatable bonds is 5. The van der Waals surface area contributed by atoms with Crippen molar-refractivity contribution in [1.82, 2.24) is 14.7 Å². The lowest BCUT2D eigenvalue weighted by molar-refractivity contribution is -0.135. The van der Waals surface area contributed by atoms with E-state index in [2.05, 4.69) is 16.8 Å². The van der Waals surface area contributed by atoms with Gasteiger partial charge in [-0.2, -0.15) is 0 Å². The molecule has 3 rings (SSSR count). The van der Waals surface area contributed by atoms with Crippen molar-refractivity contribution < 1.29 is 14.6 Å². The highest BCUT2D eigenvalue weighted by molar-refractivity contribution is 5.78. The Kier molecular flexibility index (Phi) is 5.93. The number of para-hydroxylation sites is 1. The van der Waals surface area contributed by atoms with E-state index in [1.165, 1.54) is 0 Å². The molecule has 0 aromatic heterocycles. The normalized spacial score (nSPS) is 21.9. The second-order valence-corrected chi connectivity index (χ2v) is 7.29. The minimum Gasteiger partial charge on any atom is -0.491 e. The molecule has 0 radical (unpaired) electrons. The Morgan fingerprint density at radius 2 is 1.72 bits per heavy atom. The van der Waals surface area contributed by atoms with Crippen LogP contribution in [-0.4, -0.2) is 90.8 Å². The van der Waals surface area contributed by atoms with Gasteiger partial charge in [0.15, 0.2) is 0 Å². The number of amides is 1. The number of ether oxygens (including phenoxy) is 1. The van der Waals surface area contributed by atoms with Gasteiger partial charge in [0.2, 0.25) is 5.91 Å². The van der Waals surface area contributed by atoms with Crippen LogP contribution in [0, 0.1) is 0 Å². The summed E-state index contributed by atoms with van der Waals surface area (Å²) < 4.78 is 5.72. The lowest BCUT2D eigenvalue weighted by atomic mass is 9.92. The van der Waals surface area contributed by atoms with Crippen LogP contribution in [0.15, 0.2) is 30.3 Å². The van der Waals surface area contributed by atoms with Crippen LogP contribution in [0.1, 0.15) is 12.8 Å². The van der Waals surface area contributed by atoms with Crippen LogP contribution in [0.2, 0.25) is 0 Å². The van der Waals surface area contributed by atoms with Gasteiger partial charge in [0.25, 0.3) is 0 Å². The number of carbonyl (C=O) groups excluding carboxylic acids is 1. The molecule has 6 heteroatoms. The fraction of sp³-hybridized carbons (Fsp3) is 0.632. The van der Waals surface area contributed by atoms with Crippen molar-refractivity contribution in [3.8, 4) is 5.75 Å².